The summed E-state index contributed by atoms with van der Waals surface area (Å²) in [5, 5.41) is 12.0. The van der Waals surface area contributed by atoms with E-state index in [4.69, 9.17) is 23.2 Å². The van der Waals surface area contributed by atoms with Crippen LogP contribution in [0.25, 0.3) is 0 Å². The van der Waals surface area contributed by atoms with Gasteiger partial charge in [-0.05, 0) is 85.5 Å². The van der Waals surface area contributed by atoms with Crippen molar-refractivity contribution in [3.63, 3.8) is 0 Å². The number of carbonyl (C=O) groups is 4. The van der Waals surface area contributed by atoms with Crippen LogP contribution >= 0.6 is 39.1 Å². The number of anilines is 2. The van der Waals surface area contributed by atoms with Crippen molar-refractivity contribution in [2.75, 3.05) is 9.80 Å². The predicted molar refractivity (Wildman–Crippen MR) is 161 cm³/mol. The molecule has 7 nitrogen and oxygen atoms in total. The molecule has 212 valence electrons. The van der Waals surface area contributed by atoms with Gasteiger partial charge in [-0.15, -0.1) is 0 Å². The Labute approximate surface area is 259 Å². The predicted octanol–water partition coefficient (Wildman–Crippen LogP) is 6.51. The molecule has 6 unspecified atom stereocenters. The van der Waals surface area contributed by atoms with Gasteiger partial charge in [0.05, 0.1) is 35.0 Å². The third-order valence-electron chi connectivity index (χ3n) is 9.14. The first kappa shape index (κ1) is 27.4. The Morgan fingerprint density at radius 1 is 0.690 bits per heavy atom. The molecule has 4 aliphatic rings. The molecular weight excluding hydrogens is 643 g/mol. The molecule has 10 heteroatoms. The summed E-state index contributed by atoms with van der Waals surface area (Å²) in [5.41, 5.74) is 2.17. The summed E-state index contributed by atoms with van der Waals surface area (Å²) >= 11 is 15.6. The van der Waals surface area contributed by atoms with E-state index in [1.54, 1.807) is 66.7 Å². The standard InChI is InChI=1S/C32H23BrCl2N2O5/c33-15-1-12-25(38)23(13-15)26-20-10-11-21-27(31(41)36(29(21)39)18-6-2-16(34)3-7-18)22(20)14-24-28(26)32(42)37(30(24)40)19-8-4-17(35)5-9-19/h1-10,12-13,21-22,24,26-28,38H,11,14H2. The number of hydrogen-bond donors (Lipinski definition) is 1. The largest absolute Gasteiger partial charge is 0.508 e. The van der Waals surface area contributed by atoms with E-state index < -0.39 is 35.5 Å². The van der Waals surface area contributed by atoms with Crippen molar-refractivity contribution < 1.29 is 24.3 Å². The molecule has 42 heavy (non-hydrogen) atoms. The van der Waals surface area contributed by atoms with Gasteiger partial charge in [0.15, 0.2) is 0 Å². The van der Waals surface area contributed by atoms with Gasteiger partial charge in [0, 0.05) is 26.0 Å². The molecule has 1 N–H and O–H groups in total. The number of phenolic OH excluding ortho intramolecular Hbond substituents is 1. The van der Waals surface area contributed by atoms with E-state index in [0.717, 1.165) is 5.57 Å². The number of halogens is 3. The number of phenols is 1. The highest BCUT2D eigenvalue weighted by molar-refractivity contribution is 9.10. The van der Waals surface area contributed by atoms with Gasteiger partial charge in [-0.25, -0.2) is 0 Å². The van der Waals surface area contributed by atoms with Crippen LogP contribution in [0.2, 0.25) is 10.0 Å². The maximum Gasteiger partial charge on any atom is 0.238 e. The molecule has 0 aromatic heterocycles. The van der Waals surface area contributed by atoms with Crippen LogP contribution in [0.1, 0.15) is 24.3 Å². The highest BCUT2D eigenvalue weighted by atomic mass is 79.9. The van der Waals surface area contributed by atoms with Crippen LogP contribution in [0.5, 0.6) is 5.75 Å². The normalized spacial score (nSPS) is 28.5. The van der Waals surface area contributed by atoms with E-state index in [-0.39, 0.29) is 35.8 Å². The number of imide groups is 2. The van der Waals surface area contributed by atoms with Crippen molar-refractivity contribution in [3.05, 3.63) is 98.5 Å². The molecule has 3 fully saturated rings. The molecule has 3 aromatic rings. The average Bonchev–Trinajstić information content (AvgIpc) is 3.38. The monoisotopic (exact) mass is 664 g/mol. The molecule has 3 aromatic carbocycles. The maximum absolute atomic E-state index is 14.1. The fourth-order valence-corrected chi connectivity index (χ4v) is 8.03. The van der Waals surface area contributed by atoms with Crippen LogP contribution in [0.3, 0.4) is 0 Å². The van der Waals surface area contributed by atoms with Gasteiger partial charge < -0.3 is 5.11 Å². The summed E-state index contributed by atoms with van der Waals surface area (Å²) < 4.78 is 0.704. The number of hydrogen-bond acceptors (Lipinski definition) is 5. The molecule has 0 radical (unpaired) electrons. The van der Waals surface area contributed by atoms with Crippen molar-refractivity contribution in [1.82, 2.24) is 0 Å². The van der Waals surface area contributed by atoms with Crippen molar-refractivity contribution in [2.45, 2.75) is 18.8 Å². The molecule has 2 aliphatic carbocycles. The first-order valence-electron chi connectivity index (χ1n) is 13.6. The number of carbonyl (C=O) groups excluding carboxylic acids is 4. The number of allylic oxidation sites excluding steroid dienone is 2. The van der Waals surface area contributed by atoms with E-state index in [9.17, 15) is 24.3 Å². The molecule has 1 saturated carbocycles. The lowest BCUT2D eigenvalue weighted by atomic mass is 9.57. The van der Waals surface area contributed by atoms with Gasteiger partial charge in [0.2, 0.25) is 23.6 Å². The van der Waals surface area contributed by atoms with Gasteiger partial charge >= 0.3 is 0 Å². The number of benzene rings is 3. The summed E-state index contributed by atoms with van der Waals surface area (Å²) in [6.07, 6.45) is 2.51. The molecule has 7 rings (SSSR count). The topological polar surface area (TPSA) is 95.0 Å². The minimum Gasteiger partial charge on any atom is -0.508 e. The average molecular weight is 666 g/mol. The second-order valence-corrected chi connectivity index (χ2v) is 13.0. The zero-order valence-electron chi connectivity index (χ0n) is 21.9. The van der Waals surface area contributed by atoms with E-state index in [1.165, 1.54) is 9.80 Å². The van der Waals surface area contributed by atoms with Crippen molar-refractivity contribution in [1.29, 1.82) is 0 Å². The lowest BCUT2D eigenvalue weighted by Crippen LogP contribution is -2.43. The zero-order valence-corrected chi connectivity index (χ0v) is 25.0. The Hall–Kier alpha value is -3.46. The third kappa shape index (κ3) is 4.07. The minimum atomic E-state index is -0.785. The number of amides is 4. The Balaban J connectivity index is 1.35. The molecular formula is C32H23BrCl2N2O5. The smallest absolute Gasteiger partial charge is 0.238 e. The summed E-state index contributed by atoms with van der Waals surface area (Å²) in [7, 11) is 0. The molecule has 0 spiro atoms. The van der Waals surface area contributed by atoms with Crippen LogP contribution in [0.15, 0.2) is 82.9 Å². The Morgan fingerprint density at radius 3 is 1.83 bits per heavy atom. The number of rotatable bonds is 3. The summed E-state index contributed by atoms with van der Waals surface area (Å²) in [6, 6.07) is 18.1. The summed E-state index contributed by atoms with van der Waals surface area (Å²) in [4.78, 5) is 58.2. The first-order valence-corrected chi connectivity index (χ1v) is 15.2. The van der Waals surface area contributed by atoms with Crippen molar-refractivity contribution >= 4 is 74.1 Å². The zero-order chi connectivity index (χ0) is 29.4. The number of fused-ring (bicyclic) bond motifs is 4. The molecule has 2 aliphatic heterocycles. The van der Waals surface area contributed by atoms with Crippen LogP contribution < -0.4 is 9.80 Å². The second-order valence-electron chi connectivity index (χ2n) is 11.2. The van der Waals surface area contributed by atoms with Gasteiger partial charge in [-0.3, -0.25) is 29.0 Å². The number of nitrogens with zero attached hydrogens (tertiary/aromatic N) is 2. The maximum atomic E-state index is 14.1. The molecule has 2 saturated heterocycles. The van der Waals surface area contributed by atoms with Gasteiger partial charge in [0.25, 0.3) is 0 Å². The minimum absolute atomic E-state index is 0.00701. The van der Waals surface area contributed by atoms with E-state index in [2.05, 4.69) is 15.9 Å². The Morgan fingerprint density at radius 2 is 1.24 bits per heavy atom. The van der Waals surface area contributed by atoms with Gasteiger partial charge in [0.1, 0.15) is 5.75 Å². The highest BCUT2D eigenvalue weighted by Gasteiger charge is 2.62. The van der Waals surface area contributed by atoms with Crippen molar-refractivity contribution in [2.24, 2.45) is 29.6 Å². The first-order chi connectivity index (χ1) is 20.2. The highest BCUT2D eigenvalue weighted by Crippen LogP contribution is 2.59. The van der Waals surface area contributed by atoms with Crippen LogP contribution in [-0.4, -0.2) is 28.7 Å². The van der Waals surface area contributed by atoms with Crippen LogP contribution in [-0.2, 0) is 19.2 Å². The van der Waals surface area contributed by atoms with E-state index >= 15 is 0 Å². The molecule has 4 amide bonds. The van der Waals surface area contributed by atoms with Gasteiger partial charge in [-0.2, -0.15) is 0 Å². The molecule has 2 heterocycles. The van der Waals surface area contributed by atoms with Crippen molar-refractivity contribution in [3.8, 4) is 5.75 Å². The van der Waals surface area contributed by atoms with E-state index in [1.807, 2.05) is 6.08 Å². The summed E-state index contributed by atoms with van der Waals surface area (Å²) in [5.74, 6) is -5.29. The van der Waals surface area contributed by atoms with Crippen LogP contribution in [0.4, 0.5) is 11.4 Å². The van der Waals surface area contributed by atoms with E-state index in [0.29, 0.717) is 37.9 Å². The SMILES string of the molecule is O=C1C2CC=C3C(CC4C(=O)N(c5ccc(Cl)cc5)C(=O)C4C3c3cc(Br)ccc3O)C2C(=O)N1c1ccc(Cl)cc1. The molecule has 6 atom stereocenters. The summed E-state index contributed by atoms with van der Waals surface area (Å²) in [6.45, 7) is 0. The number of aromatic hydroxyl groups is 1. The Bertz CT molecular complexity index is 1710. The van der Waals surface area contributed by atoms with Gasteiger partial charge in [-0.1, -0.05) is 50.8 Å². The molecule has 0 bridgehead atoms. The van der Waals surface area contributed by atoms with Crippen LogP contribution in [0, 0.1) is 29.6 Å². The fourth-order valence-electron chi connectivity index (χ4n) is 7.40. The lowest BCUT2D eigenvalue weighted by Gasteiger charge is -2.44. The second kappa shape index (κ2) is 10.1. The quantitative estimate of drug-likeness (QED) is 0.254. The Kier molecular flexibility index (Phi) is 6.57. The third-order valence-corrected chi connectivity index (χ3v) is 10.1. The fraction of sp³-hybridized carbons (Fsp3) is 0.250. The lowest BCUT2D eigenvalue weighted by molar-refractivity contribution is -0.126.